The molecule has 0 spiro atoms. The summed E-state index contributed by atoms with van der Waals surface area (Å²) in [6.45, 7) is 21.3. The van der Waals surface area contributed by atoms with Crippen LogP contribution in [0, 0.1) is 0 Å². The molecule has 2 aromatic heterocycles. The predicted octanol–water partition coefficient (Wildman–Crippen LogP) is 10.6. The molecule has 0 amide bonds. The van der Waals surface area contributed by atoms with E-state index in [1.165, 1.54) is 68.8 Å². The molecular formula is C46H58N2+2. The first-order valence-corrected chi connectivity index (χ1v) is 18.5. The van der Waals surface area contributed by atoms with Gasteiger partial charge in [0.2, 0.25) is 11.4 Å². The van der Waals surface area contributed by atoms with Gasteiger partial charge in [-0.15, -0.1) is 0 Å². The molecule has 1 aliphatic heterocycles. The lowest BCUT2D eigenvalue weighted by Gasteiger charge is -2.46. The lowest BCUT2D eigenvalue weighted by atomic mass is 9.59. The smallest absolute Gasteiger partial charge is 0.201 e. The van der Waals surface area contributed by atoms with Crippen LogP contribution in [0.2, 0.25) is 0 Å². The zero-order chi connectivity index (χ0) is 34.5. The zero-order valence-corrected chi connectivity index (χ0v) is 31.4. The van der Waals surface area contributed by atoms with E-state index in [0.717, 1.165) is 25.7 Å². The highest BCUT2D eigenvalue weighted by Gasteiger charge is 2.58. The first-order chi connectivity index (χ1) is 22.8. The number of hydrogen-bond acceptors (Lipinski definition) is 0. The highest BCUT2D eigenvalue weighted by Crippen LogP contribution is 2.52. The average Bonchev–Trinajstić information content (AvgIpc) is 3.30. The minimum Gasteiger partial charge on any atom is -0.201 e. The fraction of sp³-hybridized carbons (Fsp3) is 0.435. The Morgan fingerprint density at radius 3 is 2.10 bits per heavy atom. The van der Waals surface area contributed by atoms with Gasteiger partial charge in [-0.2, -0.15) is 4.57 Å². The number of fused-ring (bicyclic) bond motifs is 4. The maximum absolute atomic E-state index is 2.64. The van der Waals surface area contributed by atoms with Crippen molar-refractivity contribution in [1.29, 1.82) is 0 Å². The maximum atomic E-state index is 2.64. The van der Waals surface area contributed by atoms with Crippen LogP contribution in [0.5, 0.6) is 0 Å². The summed E-state index contributed by atoms with van der Waals surface area (Å²) in [7, 11) is 2.22. The minimum absolute atomic E-state index is 0.0575. The van der Waals surface area contributed by atoms with Crippen molar-refractivity contribution in [3.63, 3.8) is 0 Å². The van der Waals surface area contributed by atoms with E-state index in [-0.39, 0.29) is 21.8 Å². The zero-order valence-electron chi connectivity index (χ0n) is 31.4. The fourth-order valence-corrected chi connectivity index (χ4v) is 8.98. The molecule has 0 bridgehead atoms. The summed E-state index contributed by atoms with van der Waals surface area (Å²) in [5, 5.41) is 0. The Morgan fingerprint density at radius 2 is 1.46 bits per heavy atom. The van der Waals surface area contributed by atoms with Crippen LogP contribution in [0.3, 0.4) is 0 Å². The molecule has 1 aliphatic carbocycles. The van der Waals surface area contributed by atoms with Gasteiger partial charge in [-0.1, -0.05) is 110 Å². The van der Waals surface area contributed by atoms with Crippen LogP contribution >= 0.6 is 0 Å². The Hall–Kier alpha value is -3.78. The standard InChI is InChI=1S/C46H58N2/c1-11-14-20-33-28-30-48-41(31-33)35-21-15-18-24-38(35)45(9,12-2)46(48,13-3)29-19-25-39-42(36-22-16-17-23-37(36)44(39,7)8)40-27-26-34(32-47(40)10)43(4,5)6/h15-19,21-24,26-32H,11-14,20,25H2,1-10H3/q+2. The Morgan fingerprint density at radius 1 is 0.771 bits per heavy atom. The van der Waals surface area contributed by atoms with Crippen LogP contribution in [-0.4, -0.2) is 0 Å². The second-order valence-electron chi connectivity index (χ2n) is 16.2. The summed E-state index contributed by atoms with van der Waals surface area (Å²) >= 11 is 0. The van der Waals surface area contributed by atoms with Gasteiger partial charge in [0.05, 0.1) is 16.6 Å². The van der Waals surface area contributed by atoms with Crippen molar-refractivity contribution >= 4 is 5.57 Å². The summed E-state index contributed by atoms with van der Waals surface area (Å²) in [6.07, 6.45) is 16.4. The summed E-state index contributed by atoms with van der Waals surface area (Å²) in [5.74, 6) is 0. The molecule has 6 rings (SSSR count). The number of aryl methyl sites for hydroxylation is 2. The number of rotatable bonds is 9. The van der Waals surface area contributed by atoms with Crippen molar-refractivity contribution in [3.05, 3.63) is 136 Å². The van der Waals surface area contributed by atoms with Gasteiger partial charge >= 0.3 is 0 Å². The first-order valence-electron chi connectivity index (χ1n) is 18.5. The van der Waals surface area contributed by atoms with E-state index in [1.54, 1.807) is 0 Å². The Kier molecular flexibility index (Phi) is 8.94. The number of hydrogen-bond donors (Lipinski definition) is 0. The van der Waals surface area contributed by atoms with Gasteiger partial charge in [0, 0.05) is 35.6 Å². The maximum Gasteiger partial charge on any atom is 0.213 e. The first kappa shape index (κ1) is 34.1. The number of nitrogens with zero attached hydrogens (tertiary/aromatic N) is 2. The normalized spacial score (nSPS) is 21.4. The van der Waals surface area contributed by atoms with Crippen LogP contribution in [0.25, 0.3) is 16.8 Å². The van der Waals surface area contributed by atoms with Crippen LogP contribution < -0.4 is 9.13 Å². The van der Waals surface area contributed by atoms with Crippen LogP contribution in [-0.2, 0) is 35.3 Å². The van der Waals surface area contributed by atoms with Crippen LogP contribution in [0.15, 0.2) is 103 Å². The molecule has 2 aromatic carbocycles. The fourth-order valence-electron chi connectivity index (χ4n) is 8.98. The molecule has 2 unspecified atom stereocenters. The van der Waals surface area contributed by atoms with Gasteiger partial charge in [-0.05, 0) is 84.1 Å². The molecular weight excluding hydrogens is 581 g/mol. The highest BCUT2D eigenvalue weighted by molar-refractivity contribution is 5.88. The van der Waals surface area contributed by atoms with Crippen molar-refractivity contribution in [2.75, 3.05) is 0 Å². The number of unbranched alkanes of at least 4 members (excludes halogenated alkanes) is 1. The van der Waals surface area contributed by atoms with Gasteiger partial charge in [0.1, 0.15) is 7.05 Å². The topological polar surface area (TPSA) is 7.76 Å². The lowest BCUT2D eigenvalue weighted by molar-refractivity contribution is -0.756. The molecule has 2 aliphatic rings. The summed E-state index contributed by atoms with van der Waals surface area (Å²) in [5.41, 5.74) is 13.8. The molecule has 0 radical (unpaired) electrons. The molecule has 0 fully saturated rings. The number of benzene rings is 2. The van der Waals surface area contributed by atoms with Gasteiger partial charge in [0.15, 0.2) is 17.9 Å². The summed E-state index contributed by atoms with van der Waals surface area (Å²) < 4.78 is 5.00. The van der Waals surface area contributed by atoms with E-state index in [1.807, 2.05) is 0 Å². The monoisotopic (exact) mass is 638 g/mol. The van der Waals surface area contributed by atoms with Crippen molar-refractivity contribution in [1.82, 2.24) is 0 Å². The lowest BCUT2D eigenvalue weighted by Crippen LogP contribution is -2.68. The minimum atomic E-state index is -0.190. The Bertz CT molecular complexity index is 1900. The van der Waals surface area contributed by atoms with E-state index < -0.39 is 0 Å². The largest absolute Gasteiger partial charge is 0.213 e. The molecule has 4 aromatic rings. The van der Waals surface area contributed by atoms with Gasteiger partial charge in [-0.25, -0.2) is 4.57 Å². The second kappa shape index (κ2) is 12.6. The summed E-state index contributed by atoms with van der Waals surface area (Å²) in [4.78, 5) is 0. The quantitative estimate of drug-likeness (QED) is 0.127. The Balaban J connectivity index is 1.51. The van der Waals surface area contributed by atoms with E-state index in [9.17, 15) is 0 Å². The van der Waals surface area contributed by atoms with Gasteiger partial charge in [-0.3, -0.25) is 0 Å². The van der Waals surface area contributed by atoms with Crippen molar-refractivity contribution in [3.8, 4) is 11.3 Å². The summed E-state index contributed by atoms with van der Waals surface area (Å²) in [6, 6.07) is 27.9. The molecule has 2 heteroatoms. The molecule has 0 N–H and O–H groups in total. The molecule has 250 valence electrons. The average molecular weight is 639 g/mol. The molecule has 3 heterocycles. The van der Waals surface area contributed by atoms with Crippen molar-refractivity contribution < 1.29 is 9.13 Å². The van der Waals surface area contributed by atoms with Crippen LogP contribution in [0.4, 0.5) is 0 Å². The second-order valence-corrected chi connectivity index (χ2v) is 16.2. The van der Waals surface area contributed by atoms with E-state index in [4.69, 9.17) is 0 Å². The molecule has 2 atom stereocenters. The number of allylic oxidation sites excluding steroid dienone is 3. The molecule has 2 nitrogen and oxygen atoms in total. The predicted molar refractivity (Wildman–Crippen MR) is 202 cm³/mol. The van der Waals surface area contributed by atoms with Crippen molar-refractivity contribution in [2.24, 2.45) is 7.05 Å². The third kappa shape index (κ3) is 5.31. The third-order valence-electron chi connectivity index (χ3n) is 12.2. The van der Waals surface area contributed by atoms with Crippen LogP contribution in [0.1, 0.15) is 128 Å². The van der Waals surface area contributed by atoms with Crippen molar-refractivity contribution in [2.45, 2.75) is 123 Å². The number of aromatic nitrogens is 2. The molecule has 0 saturated heterocycles. The van der Waals surface area contributed by atoms with Gasteiger partial charge < -0.3 is 0 Å². The number of pyridine rings is 2. The van der Waals surface area contributed by atoms with Gasteiger partial charge in [0.25, 0.3) is 0 Å². The van der Waals surface area contributed by atoms with E-state index in [2.05, 4.69) is 176 Å². The Labute approximate surface area is 291 Å². The van der Waals surface area contributed by atoms with E-state index in [0.29, 0.717) is 0 Å². The molecule has 48 heavy (non-hydrogen) atoms. The SMILES string of the molecule is CCCCc1cc[n+]2c(c1)-c1ccccc1C(C)(CC)C2(C=CCC1=C(c2ccc(C(C)(C)C)c[n+]2C)c2ccccc2C1(C)C)CC. The third-order valence-corrected chi connectivity index (χ3v) is 12.2. The highest BCUT2D eigenvalue weighted by atomic mass is 15.1. The van der Waals surface area contributed by atoms with E-state index >= 15 is 0 Å². The molecule has 0 saturated carbocycles.